The second kappa shape index (κ2) is 11.7. The molecule has 7 heteroatoms. The fourth-order valence-electron chi connectivity index (χ4n) is 5.80. The van der Waals surface area contributed by atoms with Gasteiger partial charge in [-0.1, -0.05) is 25.1 Å². The number of hydrogen-bond acceptors (Lipinski definition) is 6. The highest BCUT2D eigenvalue weighted by Crippen LogP contribution is 2.36. The van der Waals surface area contributed by atoms with E-state index in [-0.39, 0.29) is 5.91 Å². The zero-order chi connectivity index (χ0) is 26.6. The van der Waals surface area contributed by atoms with E-state index in [1.165, 1.54) is 11.3 Å². The van der Waals surface area contributed by atoms with Crippen molar-refractivity contribution in [3.8, 4) is 16.9 Å². The Morgan fingerprint density at radius 3 is 2.77 bits per heavy atom. The first-order valence-corrected chi connectivity index (χ1v) is 14.3. The van der Waals surface area contributed by atoms with Crippen molar-refractivity contribution in [1.82, 2.24) is 4.90 Å². The molecule has 1 fully saturated rings. The Morgan fingerprint density at radius 1 is 1.03 bits per heavy atom. The van der Waals surface area contributed by atoms with Crippen molar-refractivity contribution in [2.24, 2.45) is 0 Å². The third-order valence-electron chi connectivity index (χ3n) is 8.12. The van der Waals surface area contributed by atoms with Crippen LogP contribution >= 0.6 is 0 Å². The van der Waals surface area contributed by atoms with Crippen LogP contribution in [0.25, 0.3) is 11.1 Å². The summed E-state index contributed by atoms with van der Waals surface area (Å²) in [7, 11) is 0. The smallest absolute Gasteiger partial charge is 0.258 e. The molecule has 3 aliphatic rings. The Kier molecular flexibility index (Phi) is 7.70. The monoisotopic (exact) mass is 526 g/mol. The number of nitrogens with zero attached hydrogens (tertiary/aromatic N) is 2. The van der Waals surface area contributed by atoms with Gasteiger partial charge in [0.25, 0.3) is 5.91 Å². The number of benzene rings is 3. The molecule has 3 aromatic carbocycles. The van der Waals surface area contributed by atoms with Gasteiger partial charge in [0.05, 0.1) is 24.6 Å². The van der Waals surface area contributed by atoms with Gasteiger partial charge >= 0.3 is 0 Å². The van der Waals surface area contributed by atoms with Crippen LogP contribution in [-0.2, 0) is 11.2 Å². The van der Waals surface area contributed by atoms with Crippen LogP contribution in [0.2, 0.25) is 0 Å². The third kappa shape index (κ3) is 5.60. The molecule has 7 nitrogen and oxygen atoms in total. The van der Waals surface area contributed by atoms with Crippen LogP contribution in [0.5, 0.6) is 5.75 Å². The highest BCUT2D eigenvalue weighted by Gasteiger charge is 2.26. The molecule has 0 bridgehead atoms. The lowest BCUT2D eigenvalue weighted by Crippen LogP contribution is -2.38. The third-order valence-corrected chi connectivity index (χ3v) is 8.12. The Balaban J connectivity index is 1.30. The van der Waals surface area contributed by atoms with Crippen LogP contribution in [0.4, 0.5) is 17.1 Å². The van der Waals surface area contributed by atoms with Crippen molar-refractivity contribution in [3.63, 3.8) is 0 Å². The quantitative estimate of drug-likeness (QED) is 0.437. The summed E-state index contributed by atoms with van der Waals surface area (Å²) in [5.74, 6) is 0.761. The van der Waals surface area contributed by atoms with Gasteiger partial charge in [-0.3, -0.25) is 9.69 Å². The number of para-hydroxylation sites is 2. The standard InChI is InChI=1S/C32H38N4O3/c1-2-26-12-14-36(30-6-4-3-5-29(30)34-26)32(37)25-7-9-27(23-8-10-28-24(21-23)11-13-33-28)31(22-25)39-20-17-35-15-18-38-19-16-35/h3-10,21-22,26,33-34H,2,11-20H2,1H3. The molecular formula is C32H38N4O3. The van der Waals surface area contributed by atoms with E-state index in [2.05, 4.69) is 52.8 Å². The first kappa shape index (κ1) is 25.7. The van der Waals surface area contributed by atoms with E-state index in [1.54, 1.807) is 0 Å². The zero-order valence-electron chi connectivity index (χ0n) is 22.7. The maximum atomic E-state index is 14.0. The molecule has 0 aromatic heterocycles. The largest absolute Gasteiger partial charge is 0.492 e. The molecule has 1 saturated heterocycles. The van der Waals surface area contributed by atoms with E-state index in [9.17, 15) is 4.79 Å². The molecule has 1 unspecified atom stereocenters. The molecule has 3 aromatic rings. The van der Waals surface area contributed by atoms with Crippen molar-refractivity contribution in [2.75, 3.05) is 68.1 Å². The van der Waals surface area contributed by atoms with Gasteiger partial charge in [-0.05, 0) is 72.9 Å². The fraction of sp³-hybridized carbons (Fsp3) is 0.406. The predicted octanol–water partition coefficient (Wildman–Crippen LogP) is 5.27. The summed E-state index contributed by atoms with van der Waals surface area (Å²) in [4.78, 5) is 18.3. The van der Waals surface area contributed by atoms with Gasteiger partial charge in [0.1, 0.15) is 12.4 Å². The summed E-state index contributed by atoms with van der Waals surface area (Å²) >= 11 is 0. The fourth-order valence-corrected chi connectivity index (χ4v) is 5.80. The van der Waals surface area contributed by atoms with Crippen molar-refractivity contribution in [1.29, 1.82) is 0 Å². The molecule has 0 saturated carbocycles. The van der Waals surface area contributed by atoms with E-state index < -0.39 is 0 Å². The summed E-state index contributed by atoms with van der Waals surface area (Å²) in [6.07, 6.45) is 2.94. The highest BCUT2D eigenvalue weighted by atomic mass is 16.5. The first-order chi connectivity index (χ1) is 19.2. The van der Waals surface area contributed by atoms with E-state index in [0.29, 0.717) is 24.8 Å². The number of carbonyl (C=O) groups is 1. The van der Waals surface area contributed by atoms with Crippen LogP contribution in [0.3, 0.4) is 0 Å². The van der Waals surface area contributed by atoms with E-state index in [0.717, 1.165) is 86.9 Å². The minimum Gasteiger partial charge on any atom is -0.492 e. The second-order valence-corrected chi connectivity index (χ2v) is 10.6. The van der Waals surface area contributed by atoms with Gasteiger partial charge in [0.15, 0.2) is 0 Å². The number of rotatable bonds is 7. The molecule has 0 spiro atoms. The average molecular weight is 527 g/mol. The molecule has 0 radical (unpaired) electrons. The average Bonchev–Trinajstić information content (AvgIpc) is 3.37. The van der Waals surface area contributed by atoms with Gasteiger partial charge in [-0.2, -0.15) is 0 Å². The number of carbonyl (C=O) groups excluding carboxylic acids is 1. The van der Waals surface area contributed by atoms with E-state index in [1.807, 2.05) is 35.2 Å². The molecule has 3 heterocycles. The molecule has 1 atom stereocenters. The van der Waals surface area contributed by atoms with Crippen LogP contribution in [0, 0.1) is 0 Å². The second-order valence-electron chi connectivity index (χ2n) is 10.6. The maximum Gasteiger partial charge on any atom is 0.258 e. The SMILES string of the molecule is CCC1CCN(C(=O)c2ccc(-c3ccc4c(c3)CCN4)c(OCCN3CCOCC3)c2)c2ccccc2N1. The zero-order valence-corrected chi connectivity index (χ0v) is 22.7. The van der Waals surface area contributed by atoms with Gasteiger partial charge in [0.2, 0.25) is 0 Å². The molecular weight excluding hydrogens is 488 g/mol. The number of hydrogen-bond donors (Lipinski definition) is 2. The summed E-state index contributed by atoms with van der Waals surface area (Å²) < 4.78 is 11.9. The molecule has 39 heavy (non-hydrogen) atoms. The van der Waals surface area contributed by atoms with Gasteiger partial charge in [-0.25, -0.2) is 0 Å². The molecule has 2 N–H and O–H groups in total. The summed E-state index contributed by atoms with van der Waals surface area (Å²) in [6.45, 7) is 8.61. The Bertz CT molecular complexity index is 1320. The number of ether oxygens (including phenoxy) is 2. The molecule has 0 aliphatic carbocycles. The van der Waals surface area contributed by atoms with E-state index >= 15 is 0 Å². The molecule has 3 aliphatic heterocycles. The van der Waals surface area contributed by atoms with Crippen LogP contribution < -0.4 is 20.3 Å². The minimum absolute atomic E-state index is 0.00346. The lowest BCUT2D eigenvalue weighted by Gasteiger charge is -2.26. The molecule has 1 amide bonds. The van der Waals surface area contributed by atoms with Gasteiger partial charge in [0, 0.05) is 55.6 Å². The lowest BCUT2D eigenvalue weighted by atomic mass is 9.99. The normalized spacial score (nSPS) is 18.9. The Morgan fingerprint density at radius 2 is 1.90 bits per heavy atom. The van der Waals surface area contributed by atoms with Crippen molar-refractivity contribution in [2.45, 2.75) is 32.2 Å². The molecule has 6 rings (SSSR count). The maximum absolute atomic E-state index is 14.0. The Hall–Kier alpha value is -3.55. The number of nitrogens with one attached hydrogen (secondary N) is 2. The number of amides is 1. The minimum atomic E-state index is 0.00346. The van der Waals surface area contributed by atoms with Crippen molar-refractivity contribution in [3.05, 3.63) is 71.8 Å². The van der Waals surface area contributed by atoms with E-state index in [4.69, 9.17) is 9.47 Å². The summed E-state index contributed by atoms with van der Waals surface area (Å²) in [6, 6.07) is 21.0. The lowest BCUT2D eigenvalue weighted by molar-refractivity contribution is 0.0323. The number of anilines is 3. The van der Waals surface area contributed by atoms with Crippen LogP contribution in [-0.4, -0.2) is 69.4 Å². The highest BCUT2D eigenvalue weighted by molar-refractivity contribution is 6.08. The van der Waals surface area contributed by atoms with Crippen LogP contribution in [0.1, 0.15) is 35.7 Å². The Labute approximate surface area is 231 Å². The first-order valence-electron chi connectivity index (χ1n) is 14.3. The predicted molar refractivity (Wildman–Crippen MR) is 157 cm³/mol. The van der Waals surface area contributed by atoms with Crippen molar-refractivity contribution < 1.29 is 14.3 Å². The number of fused-ring (bicyclic) bond motifs is 2. The summed E-state index contributed by atoms with van der Waals surface area (Å²) in [5.41, 5.74) is 7.27. The van der Waals surface area contributed by atoms with Crippen LogP contribution in [0.15, 0.2) is 60.7 Å². The molecule has 204 valence electrons. The van der Waals surface area contributed by atoms with Gasteiger partial charge in [-0.15, -0.1) is 0 Å². The van der Waals surface area contributed by atoms with Crippen molar-refractivity contribution >= 4 is 23.0 Å². The summed E-state index contributed by atoms with van der Waals surface area (Å²) in [5, 5.41) is 7.07. The van der Waals surface area contributed by atoms with Gasteiger partial charge < -0.3 is 25.0 Å². The topological polar surface area (TPSA) is 66.1 Å². The number of morpholine rings is 1.